The average Bonchev–Trinajstić information content (AvgIpc) is 2.31. The number of carbonyl (C=O) groups is 1. The van der Waals surface area contributed by atoms with Gasteiger partial charge in [-0.25, -0.2) is 0 Å². The summed E-state index contributed by atoms with van der Waals surface area (Å²) in [6, 6.07) is 1.92. The first kappa shape index (κ1) is 13.2. The summed E-state index contributed by atoms with van der Waals surface area (Å²) >= 11 is 0. The van der Waals surface area contributed by atoms with E-state index in [4.69, 9.17) is 0 Å². The summed E-state index contributed by atoms with van der Waals surface area (Å²) < 4.78 is 0. The van der Waals surface area contributed by atoms with Gasteiger partial charge in [0, 0.05) is 12.6 Å². The lowest BCUT2D eigenvalue weighted by Gasteiger charge is -2.30. The molecule has 2 rings (SSSR count). The van der Waals surface area contributed by atoms with Crippen LogP contribution in [0.3, 0.4) is 0 Å². The molecule has 17 heavy (non-hydrogen) atoms. The summed E-state index contributed by atoms with van der Waals surface area (Å²) in [5.74, 6) is 6.00. The molecular formula is C14H18N2O. The molecule has 0 spiro atoms. The maximum atomic E-state index is 11.5. The highest BCUT2D eigenvalue weighted by molar-refractivity contribution is 5.96. The predicted molar refractivity (Wildman–Crippen MR) is 69.6 cm³/mol. The molecule has 1 amide bonds. The van der Waals surface area contributed by atoms with Crippen LogP contribution in [0.15, 0.2) is 18.5 Å². The van der Waals surface area contributed by atoms with Crippen LogP contribution in [0.5, 0.6) is 0 Å². The third-order valence-electron chi connectivity index (χ3n) is 2.60. The molecule has 0 saturated heterocycles. The molecule has 0 aromatic carbocycles. The highest BCUT2D eigenvalue weighted by atomic mass is 16.1. The molecule has 3 nitrogen and oxygen atoms in total. The quantitative estimate of drug-likeness (QED) is 0.696. The van der Waals surface area contributed by atoms with Crippen molar-refractivity contribution in [1.82, 2.24) is 4.98 Å². The molecule has 0 bridgehead atoms. The van der Waals surface area contributed by atoms with E-state index in [9.17, 15) is 4.79 Å². The lowest BCUT2D eigenvalue weighted by Crippen LogP contribution is -2.33. The Morgan fingerprint density at radius 1 is 1.47 bits per heavy atom. The number of fused-ring (bicyclic) bond motifs is 1. The van der Waals surface area contributed by atoms with Crippen molar-refractivity contribution < 1.29 is 4.79 Å². The van der Waals surface area contributed by atoms with Crippen LogP contribution < -0.4 is 5.32 Å². The van der Waals surface area contributed by atoms with Crippen LogP contribution in [0.4, 0.5) is 5.69 Å². The number of hydrogen-bond donors (Lipinski definition) is 1. The van der Waals surface area contributed by atoms with Crippen molar-refractivity contribution in [2.24, 2.45) is 0 Å². The molecule has 1 aromatic rings. The molecule has 0 radical (unpaired) electrons. The van der Waals surface area contributed by atoms with E-state index in [0.29, 0.717) is 6.42 Å². The molecule has 0 saturated carbocycles. The van der Waals surface area contributed by atoms with E-state index >= 15 is 0 Å². The van der Waals surface area contributed by atoms with E-state index in [1.165, 1.54) is 0 Å². The van der Waals surface area contributed by atoms with Crippen molar-refractivity contribution in [1.29, 1.82) is 0 Å². The lowest BCUT2D eigenvalue weighted by atomic mass is 9.77. The summed E-state index contributed by atoms with van der Waals surface area (Å²) in [6.45, 7) is 7.78. The van der Waals surface area contributed by atoms with Gasteiger partial charge in [0.1, 0.15) is 0 Å². The Bertz CT molecular complexity index is 471. The number of anilines is 1. The molecule has 1 N–H and O–H groups in total. The van der Waals surface area contributed by atoms with E-state index in [0.717, 1.165) is 11.3 Å². The zero-order valence-electron chi connectivity index (χ0n) is 10.8. The number of hydrogen-bond acceptors (Lipinski definition) is 2. The topological polar surface area (TPSA) is 42.0 Å². The van der Waals surface area contributed by atoms with E-state index in [-0.39, 0.29) is 11.3 Å². The fourth-order valence-corrected chi connectivity index (χ4v) is 1.97. The number of amides is 1. The first-order valence-corrected chi connectivity index (χ1v) is 5.84. The molecule has 1 aromatic heterocycles. The highest BCUT2D eigenvalue weighted by Crippen LogP contribution is 2.36. The largest absolute Gasteiger partial charge is 0.324 e. The second kappa shape index (κ2) is 5.49. The first-order valence-electron chi connectivity index (χ1n) is 5.84. The van der Waals surface area contributed by atoms with Crippen LogP contribution in [-0.2, 0) is 10.2 Å². The van der Waals surface area contributed by atoms with E-state index in [1.54, 1.807) is 19.3 Å². The predicted octanol–water partition coefficient (Wildman–Crippen LogP) is 2.73. The van der Waals surface area contributed by atoms with Crippen molar-refractivity contribution in [3.63, 3.8) is 0 Å². The molecule has 3 heteroatoms. The van der Waals surface area contributed by atoms with Gasteiger partial charge in [-0.15, -0.1) is 5.92 Å². The minimum Gasteiger partial charge on any atom is -0.324 e. The Kier molecular flexibility index (Phi) is 4.28. The molecule has 1 unspecified atom stereocenters. The van der Waals surface area contributed by atoms with E-state index in [1.807, 2.05) is 26.8 Å². The highest BCUT2D eigenvalue weighted by Gasteiger charge is 2.34. The van der Waals surface area contributed by atoms with Crippen molar-refractivity contribution in [2.45, 2.75) is 39.5 Å². The number of carbonyl (C=O) groups excluding carboxylic acids is 1. The number of rotatable bonds is 0. The summed E-state index contributed by atoms with van der Waals surface area (Å²) in [6.07, 6.45) is 3.80. The van der Waals surface area contributed by atoms with Gasteiger partial charge in [-0.1, -0.05) is 19.8 Å². The third kappa shape index (κ3) is 2.65. The number of nitrogens with zero attached hydrogens (tertiary/aromatic N) is 1. The Morgan fingerprint density at radius 2 is 2.18 bits per heavy atom. The van der Waals surface area contributed by atoms with Crippen molar-refractivity contribution in [3.8, 4) is 11.8 Å². The summed E-state index contributed by atoms with van der Waals surface area (Å²) in [5.41, 5.74) is 1.44. The second-order valence-electron chi connectivity index (χ2n) is 3.85. The maximum absolute atomic E-state index is 11.5. The van der Waals surface area contributed by atoms with Crippen LogP contribution in [0.25, 0.3) is 0 Å². The van der Waals surface area contributed by atoms with Crippen molar-refractivity contribution in [2.75, 3.05) is 5.32 Å². The second-order valence-corrected chi connectivity index (χ2v) is 3.85. The van der Waals surface area contributed by atoms with E-state index < -0.39 is 0 Å². The van der Waals surface area contributed by atoms with Gasteiger partial charge in [-0.3, -0.25) is 9.78 Å². The summed E-state index contributed by atoms with van der Waals surface area (Å²) in [7, 11) is 0. The average molecular weight is 230 g/mol. The van der Waals surface area contributed by atoms with Gasteiger partial charge in [0.25, 0.3) is 0 Å². The van der Waals surface area contributed by atoms with Crippen LogP contribution in [0, 0.1) is 11.8 Å². The zero-order valence-corrected chi connectivity index (χ0v) is 10.8. The smallest absolute Gasteiger partial charge is 0.226 e. The SMILES string of the molecule is CC.CC#CC1(C)CC(=O)Nc2cnccc21. The third-order valence-corrected chi connectivity index (χ3v) is 2.60. The van der Waals surface area contributed by atoms with Crippen LogP contribution in [-0.4, -0.2) is 10.9 Å². The molecule has 0 aliphatic carbocycles. The lowest BCUT2D eigenvalue weighted by molar-refractivity contribution is -0.117. The molecule has 1 atom stereocenters. The zero-order chi connectivity index (χ0) is 12.9. The Labute approximate surface area is 103 Å². The monoisotopic (exact) mass is 230 g/mol. The van der Waals surface area contributed by atoms with Gasteiger partial charge in [0.15, 0.2) is 0 Å². The molecule has 90 valence electrons. The Hall–Kier alpha value is -1.82. The maximum Gasteiger partial charge on any atom is 0.226 e. The molecule has 1 aliphatic rings. The molecule has 2 heterocycles. The molecule has 1 aliphatic heterocycles. The van der Waals surface area contributed by atoms with Gasteiger partial charge >= 0.3 is 0 Å². The molecular weight excluding hydrogens is 212 g/mol. The van der Waals surface area contributed by atoms with Crippen molar-refractivity contribution in [3.05, 3.63) is 24.0 Å². The van der Waals surface area contributed by atoms with Gasteiger partial charge in [-0.2, -0.15) is 0 Å². The standard InChI is InChI=1S/C12H12N2O.C2H6/c1-3-5-12(2)7-11(15)14-10-8-13-6-4-9(10)12;1-2/h4,6,8H,7H2,1-2H3,(H,14,15);1-2H3. The number of pyridine rings is 1. The molecule has 0 fully saturated rings. The summed E-state index contributed by atoms with van der Waals surface area (Å²) in [4.78, 5) is 15.5. The number of nitrogens with one attached hydrogen (secondary N) is 1. The van der Waals surface area contributed by atoms with Crippen LogP contribution >= 0.6 is 0 Å². The van der Waals surface area contributed by atoms with E-state index in [2.05, 4.69) is 22.1 Å². The van der Waals surface area contributed by atoms with Crippen molar-refractivity contribution >= 4 is 11.6 Å². The van der Waals surface area contributed by atoms with Gasteiger partial charge < -0.3 is 5.32 Å². The fraction of sp³-hybridized carbons (Fsp3) is 0.429. The number of aromatic nitrogens is 1. The normalized spacial score (nSPS) is 21.1. The minimum absolute atomic E-state index is 0.000694. The van der Waals surface area contributed by atoms with Gasteiger partial charge in [-0.05, 0) is 25.5 Å². The Balaban J connectivity index is 0.000000686. The van der Waals surface area contributed by atoms with Crippen LogP contribution in [0.2, 0.25) is 0 Å². The van der Waals surface area contributed by atoms with Gasteiger partial charge in [0.05, 0.1) is 17.3 Å². The van der Waals surface area contributed by atoms with Gasteiger partial charge in [0.2, 0.25) is 5.91 Å². The summed E-state index contributed by atoms with van der Waals surface area (Å²) in [5, 5.41) is 2.80. The minimum atomic E-state index is -0.380. The first-order chi connectivity index (χ1) is 8.15. The van der Waals surface area contributed by atoms with Crippen LogP contribution in [0.1, 0.15) is 39.7 Å². The Morgan fingerprint density at radius 3 is 2.82 bits per heavy atom. The fourth-order valence-electron chi connectivity index (χ4n) is 1.97.